The van der Waals surface area contributed by atoms with Crippen LogP contribution in [-0.2, 0) is 12.8 Å². The van der Waals surface area contributed by atoms with E-state index in [1.165, 1.54) is 71.1 Å². The van der Waals surface area contributed by atoms with Gasteiger partial charge >= 0.3 is 0 Å². The molecule has 1 unspecified atom stereocenters. The average molecular weight is 270 g/mol. The van der Waals surface area contributed by atoms with Crippen molar-refractivity contribution in [1.29, 1.82) is 0 Å². The molecule has 0 aromatic heterocycles. The monoisotopic (exact) mass is 270 g/mol. The number of rotatable bonds is 1. The molecule has 0 radical (unpaired) electrons. The number of benzene rings is 1. The van der Waals surface area contributed by atoms with Gasteiger partial charge in [0, 0.05) is 31.4 Å². The number of hydrogen-bond donors (Lipinski definition) is 0. The van der Waals surface area contributed by atoms with Crippen LogP contribution in [-0.4, -0.2) is 37.1 Å². The Hall–Kier alpha value is -1.02. The van der Waals surface area contributed by atoms with Gasteiger partial charge in [-0.15, -0.1) is 0 Å². The molecule has 1 aromatic carbocycles. The Labute approximate surface area is 122 Å². The van der Waals surface area contributed by atoms with Crippen LogP contribution in [0.5, 0.6) is 0 Å². The van der Waals surface area contributed by atoms with Crippen molar-refractivity contribution in [2.75, 3.05) is 31.1 Å². The summed E-state index contributed by atoms with van der Waals surface area (Å²) in [4.78, 5) is 5.44. The lowest BCUT2D eigenvalue weighted by Crippen LogP contribution is -2.37. The fourth-order valence-corrected chi connectivity index (χ4v) is 4.48. The molecule has 0 amide bonds. The van der Waals surface area contributed by atoms with Crippen molar-refractivity contribution >= 4 is 5.69 Å². The SMILES string of the molecule is c1cc2c(c(N3CCCN4CCCC4C3)c1)CCCC2. The van der Waals surface area contributed by atoms with Crippen LogP contribution in [0.15, 0.2) is 18.2 Å². The van der Waals surface area contributed by atoms with E-state index < -0.39 is 0 Å². The summed E-state index contributed by atoms with van der Waals surface area (Å²) in [6.07, 6.45) is 9.51. The van der Waals surface area contributed by atoms with Gasteiger partial charge in [-0.2, -0.15) is 0 Å². The lowest BCUT2D eigenvalue weighted by Gasteiger charge is -2.31. The van der Waals surface area contributed by atoms with E-state index in [1.807, 2.05) is 0 Å². The van der Waals surface area contributed by atoms with Crippen molar-refractivity contribution in [2.45, 2.75) is 51.0 Å². The van der Waals surface area contributed by atoms with Crippen molar-refractivity contribution in [3.8, 4) is 0 Å². The average Bonchev–Trinajstić information content (AvgIpc) is 2.84. The predicted molar refractivity (Wildman–Crippen MR) is 84.5 cm³/mol. The first kappa shape index (κ1) is 12.7. The minimum Gasteiger partial charge on any atom is -0.370 e. The van der Waals surface area contributed by atoms with Crippen LogP contribution >= 0.6 is 0 Å². The Morgan fingerprint density at radius 2 is 1.80 bits per heavy atom. The van der Waals surface area contributed by atoms with Crippen LogP contribution in [0, 0.1) is 0 Å². The van der Waals surface area contributed by atoms with E-state index in [0.29, 0.717) is 0 Å². The van der Waals surface area contributed by atoms with Crippen molar-refractivity contribution in [2.24, 2.45) is 0 Å². The third-order valence-electron chi connectivity index (χ3n) is 5.52. The van der Waals surface area contributed by atoms with Gasteiger partial charge < -0.3 is 4.90 Å². The van der Waals surface area contributed by atoms with Gasteiger partial charge in [-0.25, -0.2) is 0 Å². The Morgan fingerprint density at radius 1 is 0.900 bits per heavy atom. The highest BCUT2D eigenvalue weighted by Gasteiger charge is 2.29. The molecule has 2 saturated heterocycles. The van der Waals surface area contributed by atoms with Crippen LogP contribution in [0.3, 0.4) is 0 Å². The first-order chi connectivity index (χ1) is 9.92. The van der Waals surface area contributed by atoms with E-state index in [0.717, 1.165) is 6.04 Å². The summed E-state index contributed by atoms with van der Waals surface area (Å²) in [5, 5.41) is 0. The molecule has 20 heavy (non-hydrogen) atoms. The summed E-state index contributed by atoms with van der Waals surface area (Å²) in [5.74, 6) is 0. The molecule has 2 aliphatic heterocycles. The van der Waals surface area contributed by atoms with Crippen molar-refractivity contribution in [3.63, 3.8) is 0 Å². The van der Waals surface area contributed by atoms with Gasteiger partial charge in [0.15, 0.2) is 0 Å². The molecule has 0 spiro atoms. The van der Waals surface area contributed by atoms with Crippen LogP contribution in [0.2, 0.25) is 0 Å². The molecule has 0 bridgehead atoms. The molecular formula is C18H26N2. The number of nitrogens with zero attached hydrogens (tertiary/aromatic N) is 2. The molecule has 4 rings (SSSR count). The predicted octanol–water partition coefficient (Wildman–Crippen LogP) is 3.24. The van der Waals surface area contributed by atoms with Crippen LogP contribution in [0.25, 0.3) is 0 Å². The van der Waals surface area contributed by atoms with E-state index in [4.69, 9.17) is 0 Å². The standard InChI is InChI=1S/C18H26N2/c1-2-9-17-15(6-1)7-3-10-18(17)20-13-5-12-19-11-4-8-16(19)14-20/h3,7,10,16H,1-2,4-6,8-9,11-14H2. The Bertz CT molecular complexity index is 482. The van der Waals surface area contributed by atoms with Crippen molar-refractivity contribution < 1.29 is 0 Å². The number of hydrogen-bond acceptors (Lipinski definition) is 2. The highest BCUT2D eigenvalue weighted by atomic mass is 15.3. The van der Waals surface area contributed by atoms with Gasteiger partial charge in [-0.1, -0.05) is 12.1 Å². The summed E-state index contributed by atoms with van der Waals surface area (Å²) in [6, 6.07) is 7.85. The second-order valence-corrected chi connectivity index (χ2v) is 6.75. The summed E-state index contributed by atoms with van der Waals surface area (Å²) in [5.41, 5.74) is 4.86. The maximum Gasteiger partial charge on any atom is 0.0402 e. The third kappa shape index (κ3) is 2.24. The minimum atomic E-state index is 0.817. The lowest BCUT2D eigenvalue weighted by molar-refractivity contribution is 0.273. The van der Waals surface area contributed by atoms with E-state index in [9.17, 15) is 0 Å². The highest BCUT2D eigenvalue weighted by Crippen LogP contribution is 2.32. The largest absolute Gasteiger partial charge is 0.370 e. The number of anilines is 1. The second kappa shape index (κ2) is 5.40. The number of fused-ring (bicyclic) bond motifs is 2. The smallest absolute Gasteiger partial charge is 0.0402 e. The zero-order valence-electron chi connectivity index (χ0n) is 12.5. The molecular weight excluding hydrogens is 244 g/mol. The second-order valence-electron chi connectivity index (χ2n) is 6.75. The molecule has 3 aliphatic rings. The molecule has 0 saturated carbocycles. The van der Waals surface area contributed by atoms with E-state index >= 15 is 0 Å². The summed E-state index contributed by atoms with van der Waals surface area (Å²) < 4.78 is 0. The van der Waals surface area contributed by atoms with Gasteiger partial charge in [0.2, 0.25) is 0 Å². The maximum atomic E-state index is 2.73. The van der Waals surface area contributed by atoms with E-state index in [1.54, 1.807) is 16.8 Å². The lowest BCUT2D eigenvalue weighted by atomic mass is 9.90. The first-order valence-electron chi connectivity index (χ1n) is 8.51. The molecule has 2 heterocycles. The van der Waals surface area contributed by atoms with E-state index in [2.05, 4.69) is 28.0 Å². The molecule has 1 aromatic rings. The first-order valence-corrected chi connectivity index (χ1v) is 8.51. The van der Waals surface area contributed by atoms with Crippen LogP contribution < -0.4 is 4.90 Å². The number of aryl methyl sites for hydroxylation is 1. The zero-order valence-corrected chi connectivity index (χ0v) is 12.5. The van der Waals surface area contributed by atoms with Crippen molar-refractivity contribution in [1.82, 2.24) is 4.90 Å². The quantitative estimate of drug-likeness (QED) is 0.773. The Morgan fingerprint density at radius 3 is 2.80 bits per heavy atom. The van der Waals surface area contributed by atoms with E-state index in [-0.39, 0.29) is 0 Å². The molecule has 2 fully saturated rings. The molecule has 108 valence electrons. The minimum absolute atomic E-state index is 0.817. The summed E-state index contributed by atoms with van der Waals surface area (Å²) >= 11 is 0. The van der Waals surface area contributed by atoms with Gasteiger partial charge in [0.05, 0.1) is 0 Å². The molecule has 1 atom stereocenters. The zero-order chi connectivity index (χ0) is 13.4. The fraction of sp³-hybridized carbons (Fsp3) is 0.667. The van der Waals surface area contributed by atoms with Gasteiger partial charge in [-0.3, -0.25) is 4.90 Å². The summed E-state index contributed by atoms with van der Waals surface area (Å²) in [7, 11) is 0. The molecule has 0 N–H and O–H groups in total. The summed E-state index contributed by atoms with van der Waals surface area (Å²) in [6.45, 7) is 5.17. The maximum absolute atomic E-state index is 2.73. The van der Waals surface area contributed by atoms with Gasteiger partial charge in [0.25, 0.3) is 0 Å². The molecule has 1 aliphatic carbocycles. The Balaban J connectivity index is 1.63. The highest BCUT2D eigenvalue weighted by molar-refractivity contribution is 5.58. The van der Waals surface area contributed by atoms with Gasteiger partial charge in [0.1, 0.15) is 0 Å². The van der Waals surface area contributed by atoms with Crippen LogP contribution in [0.1, 0.15) is 43.2 Å². The molecule has 2 heteroatoms. The Kier molecular flexibility index (Phi) is 3.43. The van der Waals surface area contributed by atoms with Gasteiger partial charge in [-0.05, 0) is 68.7 Å². The third-order valence-corrected chi connectivity index (χ3v) is 5.52. The van der Waals surface area contributed by atoms with Crippen molar-refractivity contribution in [3.05, 3.63) is 29.3 Å². The molecule has 2 nitrogen and oxygen atoms in total. The normalized spacial score (nSPS) is 27.0. The topological polar surface area (TPSA) is 6.48 Å². The van der Waals surface area contributed by atoms with Crippen LogP contribution in [0.4, 0.5) is 5.69 Å². The fourth-order valence-electron chi connectivity index (χ4n) is 4.48.